The van der Waals surface area contributed by atoms with Crippen molar-refractivity contribution < 1.29 is 9.47 Å². The molecule has 0 bridgehead atoms. The number of aromatic nitrogens is 2. The number of benzene rings is 1. The second-order valence-corrected chi connectivity index (χ2v) is 6.85. The molecule has 138 valence electrons. The lowest BCUT2D eigenvalue weighted by molar-refractivity contribution is 0.0515. The van der Waals surface area contributed by atoms with E-state index in [2.05, 4.69) is 44.9 Å². The molecule has 0 aliphatic carbocycles. The Labute approximate surface area is 159 Å². The minimum Gasteiger partial charge on any atom is -0.481 e. The Balaban J connectivity index is 1.67. The Bertz CT molecular complexity index is 748. The predicted octanol–water partition coefficient (Wildman–Crippen LogP) is 2.83. The lowest BCUT2D eigenvalue weighted by atomic mass is 9.74. The number of anilines is 1. The number of hydrogen-bond acceptors (Lipinski definition) is 5. The van der Waals surface area contributed by atoms with Gasteiger partial charge < -0.3 is 20.1 Å². The van der Waals surface area contributed by atoms with Crippen molar-refractivity contribution in [2.75, 3.05) is 32.2 Å². The van der Waals surface area contributed by atoms with Crippen LogP contribution in [0.2, 0.25) is 0 Å². The average molecular weight is 372 g/mol. The molecule has 0 saturated carbocycles. The molecule has 7 heteroatoms. The van der Waals surface area contributed by atoms with Crippen LogP contribution in [0.3, 0.4) is 0 Å². The second kappa shape index (κ2) is 8.42. The zero-order valence-corrected chi connectivity index (χ0v) is 15.9. The lowest BCUT2D eigenvalue weighted by Gasteiger charge is -2.38. The quantitative estimate of drug-likeness (QED) is 0.782. The fraction of sp³-hybridized carbons (Fsp3) is 0.421. The van der Waals surface area contributed by atoms with Gasteiger partial charge in [-0.1, -0.05) is 30.3 Å². The van der Waals surface area contributed by atoms with Crippen LogP contribution < -0.4 is 15.4 Å². The molecule has 0 radical (unpaired) electrons. The summed E-state index contributed by atoms with van der Waals surface area (Å²) in [4.78, 5) is 8.61. The highest BCUT2D eigenvalue weighted by Gasteiger charge is 2.34. The fourth-order valence-electron chi connectivity index (χ4n) is 3.22. The number of aryl methyl sites for hydroxylation is 1. The Morgan fingerprint density at radius 1 is 1.23 bits per heavy atom. The van der Waals surface area contributed by atoms with Gasteiger partial charge in [-0.05, 0) is 37.5 Å². The smallest absolute Gasteiger partial charge is 0.232 e. The Morgan fingerprint density at radius 2 is 1.96 bits per heavy atom. The van der Waals surface area contributed by atoms with Gasteiger partial charge in [0.2, 0.25) is 11.8 Å². The number of thiocarbonyl (C=S) groups is 1. The Hall–Kier alpha value is -2.25. The molecular weight excluding hydrogens is 348 g/mol. The average Bonchev–Trinajstić information content (AvgIpc) is 2.67. The van der Waals surface area contributed by atoms with Crippen molar-refractivity contribution in [2.24, 2.45) is 0 Å². The summed E-state index contributed by atoms with van der Waals surface area (Å²) < 4.78 is 10.8. The second-order valence-electron chi connectivity index (χ2n) is 6.44. The van der Waals surface area contributed by atoms with E-state index in [1.807, 2.05) is 13.0 Å². The van der Waals surface area contributed by atoms with Crippen molar-refractivity contribution in [3.05, 3.63) is 47.7 Å². The Morgan fingerprint density at radius 3 is 2.65 bits per heavy atom. The summed E-state index contributed by atoms with van der Waals surface area (Å²) in [6.45, 7) is 4.14. The van der Waals surface area contributed by atoms with Crippen LogP contribution in [0.5, 0.6) is 5.88 Å². The molecule has 0 unspecified atom stereocenters. The topological polar surface area (TPSA) is 68.3 Å². The van der Waals surface area contributed by atoms with Crippen molar-refractivity contribution in [2.45, 2.75) is 25.2 Å². The van der Waals surface area contributed by atoms with Gasteiger partial charge in [0.15, 0.2) is 5.11 Å². The molecule has 1 saturated heterocycles. The molecule has 0 atom stereocenters. The number of methoxy groups -OCH3 is 1. The molecule has 3 rings (SSSR count). The molecule has 1 aliphatic rings. The van der Waals surface area contributed by atoms with E-state index in [1.165, 1.54) is 5.56 Å². The molecule has 1 aromatic carbocycles. The maximum Gasteiger partial charge on any atom is 0.232 e. The van der Waals surface area contributed by atoms with Gasteiger partial charge in [0.05, 0.1) is 7.11 Å². The molecule has 1 aromatic heterocycles. The van der Waals surface area contributed by atoms with Gasteiger partial charge in [-0.25, -0.2) is 4.98 Å². The van der Waals surface area contributed by atoms with Crippen molar-refractivity contribution >= 4 is 23.3 Å². The highest BCUT2D eigenvalue weighted by Crippen LogP contribution is 2.34. The van der Waals surface area contributed by atoms with Gasteiger partial charge in [-0.3, -0.25) is 0 Å². The molecule has 1 aliphatic heterocycles. The van der Waals surface area contributed by atoms with Gasteiger partial charge in [-0.15, -0.1) is 0 Å². The highest BCUT2D eigenvalue weighted by atomic mass is 32.1. The van der Waals surface area contributed by atoms with E-state index in [4.69, 9.17) is 21.7 Å². The number of ether oxygens (including phenoxy) is 2. The third-order valence-corrected chi connectivity index (χ3v) is 4.93. The van der Waals surface area contributed by atoms with Gasteiger partial charge in [-0.2, -0.15) is 4.98 Å². The largest absolute Gasteiger partial charge is 0.481 e. The Kier molecular flexibility index (Phi) is 6.00. The summed E-state index contributed by atoms with van der Waals surface area (Å²) in [5.74, 6) is 0.938. The van der Waals surface area contributed by atoms with Crippen LogP contribution >= 0.6 is 12.2 Å². The molecular formula is C19H24N4O2S. The standard InChI is InChI=1S/C19H24N4O2S/c1-14-12-16(24-2)22-17(21-14)23-18(26)20-13-19(8-10-25-11-9-19)15-6-4-3-5-7-15/h3-7,12H,8-11,13H2,1-2H3,(H2,20,21,22,23,26). The molecule has 2 heterocycles. The summed E-state index contributed by atoms with van der Waals surface area (Å²) in [5, 5.41) is 6.89. The van der Waals surface area contributed by atoms with E-state index >= 15 is 0 Å². The molecule has 0 spiro atoms. The van der Waals surface area contributed by atoms with E-state index in [0.717, 1.165) is 38.3 Å². The maximum absolute atomic E-state index is 5.58. The number of nitrogens with one attached hydrogen (secondary N) is 2. The first-order valence-electron chi connectivity index (χ1n) is 8.69. The molecule has 6 nitrogen and oxygen atoms in total. The summed E-state index contributed by atoms with van der Waals surface area (Å²) in [6.07, 6.45) is 1.92. The first-order chi connectivity index (χ1) is 12.6. The van der Waals surface area contributed by atoms with E-state index in [-0.39, 0.29) is 5.41 Å². The molecule has 26 heavy (non-hydrogen) atoms. The van der Waals surface area contributed by atoms with Crippen LogP contribution in [-0.4, -0.2) is 41.9 Å². The minimum atomic E-state index is 0.0103. The summed E-state index contributed by atoms with van der Waals surface area (Å²) in [7, 11) is 1.58. The van der Waals surface area contributed by atoms with Crippen LogP contribution in [0, 0.1) is 6.92 Å². The van der Waals surface area contributed by atoms with Crippen molar-refractivity contribution in [3.8, 4) is 5.88 Å². The SMILES string of the molecule is COc1cc(C)nc(NC(=S)NCC2(c3ccccc3)CCOCC2)n1. The molecule has 2 N–H and O–H groups in total. The summed E-state index contributed by atoms with van der Waals surface area (Å²) in [6, 6.07) is 12.3. The molecule has 2 aromatic rings. The van der Waals surface area contributed by atoms with Crippen LogP contribution in [0.1, 0.15) is 24.1 Å². The number of hydrogen-bond donors (Lipinski definition) is 2. The van der Waals surface area contributed by atoms with Gasteiger partial charge in [0, 0.05) is 36.9 Å². The van der Waals surface area contributed by atoms with Gasteiger partial charge in [0.25, 0.3) is 0 Å². The van der Waals surface area contributed by atoms with Crippen molar-refractivity contribution in [1.82, 2.24) is 15.3 Å². The maximum atomic E-state index is 5.58. The summed E-state index contributed by atoms with van der Waals surface area (Å²) >= 11 is 5.45. The van der Waals surface area contributed by atoms with E-state index in [9.17, 15) is 0 Å². The monoisotopic (exact) mass is 372 g/mol. The van der Waals surface area contributed by atoms with Crippen LogP contribution in [0.15, 0.2) is 36.4 Å². The molecule has 1 fully saturated rings. The predicted molar refractivity (Wildman–Crippen MR) is 106 cm³/mol. The number of rotatable bonds is 5. The molecule has 0 amide bonds. The van der Waals surface area contributed by atoms with Crippen LogP contribution in [0.25, 0.3) is 0 Å². The highest BCUT2D eigenvalue weighted by molar-refractivity contribution is 7.80. The van der Waals surface area contributed by atoms with E-state index < -0.39 is 0 Å². The number of nitrogens with zero attached hydrogens (tertiary/aromatic N) is 2. The van der Waals surface area contributed by atoms with Crippen LogP contribution in [0.4, 0.5) is 5.95 Å². The first-order valence-corrected chi connectivity index (χ1v) is 9.10. The third-order valence-electron chi connectivity index (χ3n) is 4.69. The minimum absolute atomic E-state index is 0.0103. The van der Waals surface area contributed by atoms with Crippen molar-refractivity contribution in [3.63, 3.8) is 0 Å². The zero-order valence-electron chi connectivity index (χ0n) is 15.1. The van der Waals surface area contributed by atoms with Crippen molar-refractivity contribution in [1.29, 1.82) is 0 Å². The van der Waals surface area contributed by atoms with Crippen LogP contribution in [-0.2, 0) is 10.2 Å². The zero-order chi connectivity index (χ0) is 18.4. The van der Waals surface area contributed by atoms with E-state index in [1.54, 1.807) is 13.2 Å². The van der Waals surface area contributed by atoms with Gasteiger partial charge in [0.1, 0.15) is 0 Å². The van der Waals surface area contributed by atoms with E-state index in [0.29, 0.717) is 16.9 Å². The third kappa shape index (κ3) is 4.47. The lowest BCUT2D eigenvalue weighted by Crippen LogP contribution is -2.45. The normalized spacial score (nSPS) is 15.9. The van der Waals surface area contributed by atoms with Gasteiger partial charge >= 0.3 is 0 Å². The fourth-order valence-corrected chi connectivity index (χ4v) is 3.38. The first kappa shape index (κ1) is 18.5. The summed E-state index contributed by atoms with van der Waals surface area (Å²) in [5.41, 5.74) is 2.13.